The van der Waals surface area contributed by atoms with E-state index in [4.69, 9.17) is 9.84 Å². The lowest BCUT2D eigenvalue weighted by molar-refractivity contribution is 0.0693. The van der Waals surface area contributed by atoms with Gasteiger partial charge in [0, 0.05) is 10.6 Å². The molecule has 0 aliphatic heterocycles. The molecule has 2 N–H and O–H groups in total. The summed E-state index contributed by atoms with van der Waals surface area (Å²) >= 11 is 4.07. The molecule has 2 rings (SSSR count). The van der Waals surface area contributed by atoms with Crippen molar-refractivity contribution in [3.8, 4) is 0 Å². The molecule has 0 spiro atoms. The van der Waals surface area contributed by atoms with E-state index in [1.807, 2.05) is 30.3 Å². The molecule has 0 fully saturated rings. The number of rotatable bonds is 4. The van der Waals surface area contributed by atoms with E-state index in [0.29, 0.717) is 5.69 Å². The smallest absolute Gasteiger partial charge is 0.411 e. The third kappa shape index (κ3) is 4.25. The Bertz CT molecular complexity index is 658. The minimum absolute atomic E-state index is 0.0709. The normalized spacial score (nSPS) is 9.95. The van der Waals surface area contributed by atoms with Crippen molar-refractivity contribution >= 4 is 30.4 Å². The number of hydrogen-bond donors (Lipinski definition) is 3. The molecule has 0 aliphatic rings. The molecular weight excluding hydrogens is 290 g/mol. The summed E-state index contributed by atoms with van der Waals surface area (Å²) in [5.41, 5.74) is 1.37. The number of hydrogen-bond acceptors (Lipinski definition) is 4. The maximum absolute atomic E-state index is 11.6. The van der Waals surface area contributed by atoms with Crippen LogP contribution in [-0.4, -0.2) is 17.2 Å². The summed E-state index contributed by atoms with van der Waals surface area (Å²) in [7, 11) is 0. The molecule has 2 aromatic carbocycles. The number of carbonyl (C=O) groups is 2. The van der Waals surface area contributed by atoms with Crippen molar-refractivity contribution in [2.75, 3.05) is 5.32 Å². The second-order valence-electron chi connectivity index (χ2n) is 4.22. The lowest BCUT2D eigenvalue weighted by Gasteiger charge is -2.08. The molecule has 0 bridgehead atoms. The Morgan fingerprint density at radius 3 is 2.48 bits per heavy atom. The molecule has 21 heavy (non-hydrogen) atoms. The van der Waals surface area contributed by atoms with Gasteiger partial charge in [0.2, 0.25) is 0 Å². The van der Waals surface area contributed by atoms with Gasteiger partial charge in [-0.2, -0.15) is 0 Å². The first-order chi connectivity index (χ1) is 10.1. The standard InChI is InChI=1S/C15H13NO4S/c17-14(18)12-7-6-11(8-13(12)21)16-15(19)20-9-10-4-2-1-3-5-10/h1-8,21H,9H2,(H,16,19)(H,17,18). The molecule has 108 valence electrons. The van der Waals surface area contributed by atoms with E-state index in [1.54, 1.807) is 0 Å². The van der Waals surface area contributed by atoms with E-state index >= 15 is 0 Å². The van der Waals surface area contributed by atoms with E-state index in [-0.39, 0.29) is 17.1 Å². The van der Waals surface area contributed by atoms with Crippen molar-refractivity contribution in [2.24, 2.45) is 0 Å². The van der Waals surface area contributed by atoms with Gasteiger partial charge >= 0.3 is 12.1 Å². The molecule has 0 radical (unpaired) electrons. The van der Waals surface area contributed by atoms with Gasteiger partial charge < -0.3 is 9.84 Å². The molecule has 6 heteroatoms. The average Bonchev–Trinajstić information content (AvgIpc) is 2.46. The minimum Gasteiger partial charge on any atom is -0.478 e. The zero-order valence-corrected chi connectivity index (χ0v) is 11.8. The van der Waals surface area contributed by atoms with Crippen LogP contribution in [0, 0.1) is 0 Å². The van der Waals surface area contributed by atoms with Crippen LogP contribution < -0.4 is 5.32 Å². The summed E-state index contributed by atoms with van der Waals surface area (Å²) in [6.45, 7) is 0.160. The molecule has 0 aromatic heterocycles. The van der Waals surface area contributed by atoms with Gasteiger partial charge in [0.05, 0.1) is 5.56 Å². The second-order valence-corrected chi connectivity index (χ2v) is 4.71. The molecular formula is C15H13NO4S. The highest BCUT2D eigenvalue weighted by molar-refractivity contribution is 7.80. The predicted molar refractivity (Wildman–Crippen MR) is 80.9 cm³/mol. The molecule has 0 heterocycles. The first kappa shape index (κ1) is 14.9. The molecule has 1 amide bonds. The molecule has 0 atom stereocenters. The number of amides is 1. The average molecular weight is 303 g/mol. The summed E-state index contributed by atoms with van der Waals surface area (Å²) in [5, 5.41) is 11.4. The fourth-order valence-corrected chi connectivity index (χ4v) is 1.98. The van der Waals surface area contributed by atoms with Crippen LogP contribution in [0.3, 0.4) is 0 Å². The van der Waals surface area contributed by atoms with Crippen molar-refractivity contribution in [2.45, 2.75) is 11.5 Å². The SMILES string of the molecule is O=C(Nc1ccc(C(=O)O)c(S)c1)OCc1ccccc1. The third-order valence-corrected chi connectivity index (χ3v) is 3.06. The van der Waals surface area contributed by atoms with Gasteiger partial charge in [-0.05, 0) is 23.8 Å². The summed E-state index contributed by atoms with van der Waals surface area (Å²) in [4.78, 5) is 22.8. The Morgan fingerprint density at radius 2 is 1.86 bits per heavy atom. The Labute approximate surface area is 127 Å². The summed E-state index contributed by atoms with van der Waals surface area (Å²) in [5.74, 6) is -1.07. The molecule has 0 saturated heterocycles. The Hall–Kier alpha value is -2.47. The monoisotopic (exact) mass is 303 g/mol. The number of carbonyl (C=O) groups excluding carboxylic acids is 1. The maximum atomic E-state index is 11.6. The van der Waals surface area contributed by atoms with Crippen LogP contribution in [0.1, 0.15) is 15.9 Å². The van der Waals surface area contributed by atoms with Crippen molar-refractivity contribution < 1.29 is 19.4 Å². The molecule has 0 unspecified atom stereocenters. The first-order valence-electron chi connectivity index (χ1n) is 6.10. The Kier molecular flexibility index (Phi) is 4.84. The number of anilines is 1. The molecule has 5 nitrogen and oxygen atoms in total. The molecule has 0 saturated carbocycles. The van der Waals surface area contributed by atoms with Gasteiger partial charge in [-0.25, -0.2) is 9.59 Å². The lowest BCUT2D eigenvalue weighted by Crippen LogP contribution is -2.13. The van der Waals surface area contributed by atoms with E-state index in [9.17, 15) is 9.59 Å². The van der Waals surface area contributed by atoms with Crippen LogP contribution in [-0.2, 0) is 11.3 Å². The number of thiol groups is 1. The highest BCUT2D eigenvalue weighted by atomic mass is 32.1. The fraction of sp³-hybridized carbons (Fsp3) is 0.0667. The van der Waals surface area contributed by atoms with E-state index in [0.717, 1.165) is 5.56 Å². The Balaban J connectivity index is 1.94. The number of carboxylic acid groups (broad SMARTS) is 1. The Morgan fingerprint density at radius 1 is 1.14 bits per heavy atom. The second kappa shape index (κ2) is 6.81. The van der Waals surface area contributed by atoms with Gasteiger partial charge in [0.1, 0.15) is 6.61 Å². The molecule has 2 aromatic rings. The van der Waals surface area contributed by atoms with Crippen LogP contribution in [0.5, 0.6) is 0 Å². The summed E-state index contributed by atoms with van der Waals surface area (Å²) in [6, 6.07) is 13.6. The van der Waals surface area contributed by atoms with Crippen molar-refractivity contribution in [3.63, 3.8) is 0 Å². The lowest BCUT2D eigenvalue weighted by atomic mass is 10.2. The van der Waals surface area contributed by atoms with Crippen LogP contribution in [0.25, 0.3) is 0 Å². The summed E-state index contributed by atoms with van der Waals surface area (Å²) < 4.78 is 5.06. The van der Waals surface area contributed by atoms with Crippen LogP contribution >= 0.6 is 12.6 Å². The number of aromatic carboxylic acids is 1. The number of carboxylic acids is 1. The predicted octanol–water partition coefficient (Wildman–Crippen LogP) is 3.42. The first-order valence-corrected chi connectivity index (χ1v) is 6.55. The number of ether oxygens (including phenoxy) is 1. The van der Waals surface area contributed by atoms with Crippen LogP contribution in [0.4, 0.5) is 10.5 Å². The number of benzene rings is 2. The molecule has 0 aliphatic carbocycles. The van der Waals surface area contributed by atoms with Crippen molar-refractivity contribution in [1.29, 1.82) is 0 Å². The van der Waals surface area contributed by atoms with Gasteiger partial charge in [-0.3, -0.25) is 5.32 Å². The van der Waals surface area contributed by atoms with Gasteiger partial charge in [-0.1, -0.05) is 30.3 Å². The van der Waals surface area contributed by atoms with Crippen LogP contribution in [0.2, 0.25) is 0 Å². The minimum atomic E-state index is -1.07. The maximum Gasteiger partial charge on any atom is 0.411 e. The van der Waals surface area contributed by atoms with E-state index in [1.165, 1.54) is 18.2 Å². The fourth-order valence-electron chi connectivity index (χ4n) is 1.67. The quantitative estimate of drug-likeness (QED) is 0.756. The van der Waals surface area contributed by atoms with Gasteiger partial charge in [0.25, 0.3) is 0 Å². The zero-order valence-electron chi connectivity index (χ0n) is 10.9. The topological polar surface area (TPSA) is 75.6 Å². The van der Waals surface area contributed by atoms with Gasteiger partial charge in [0.15, 0.2) is 0 Å². The van der Waals surface area contributed by atoms with Crippen LogP contribution in [0.15, 0.2) is 53.4 Å². The largest absolute Gasteiger partial charge is 0.478 e. The van der Waals surface area contributed by atoms with E-state index < -0.39 is 12.1 Å². The highest BCUT2D eigenvalue weighted by Crippen LogP contribution is 2.19. The van der Waals surface area contributed by atoms with Crippen molar-refractivity contribution in [1.82, 2.24) is 0 Å². The van der Waals surface area contributed by atoms with Gasteiger partial charge in [-0.15, -0.1) is 12.6 Å². The third-order valence-electron chi connectivity index (χ3n) is 2.69. The van der Waals surface area contributed by atoms with Crippen molar-refractivity contribution in [3.05, 3.63) is 59.7 Å². The van der Waals surface area contributed by atoms with E-state index in [2.05, 4.69) is 17.9 Å². The zero-order chi connectivity index (χ0) is 15.2. The summed E-state index contributed by atoms with van der Waals surface area (Å²) in [6.07, 6.45) is -0.616. The highest BCUT2D eigenvalue weighted by Gasteiger charge is 2.10. The number of nitrogens with one attached hydrogen (secondary N) is 1.